The number of benzene rings is 4. The lowest BCUT2D eigenvalue weighted by molar-refractivity contribution is -0.142. The first-order valence-corrected chi connectivity index (χ1v) is 13.4. The highest BCUT2D eigenvalue weighted by Gasteiger charge is 2.60. The number of imide groups is 1. The Balaban J connectivity index is 1.37. The van der Waals surface area contributed by atoms with Crippen molar-refractivity contribution < 1.29 is 28.6 Å². The summed E-state index contributed by atoms with van der Waals surface area (Å²) < 4.78 is 17.0. The first-order valence-electron chi connectivity index (χ1n) is 13.0. The highest BCUT2D eigenvalue weighted by Crippen LogP contribution is 2.56. The van der Waals surface area contributed by atoms with E-state index in [0.29, 0.717) is 33.5 Å². The zero-order valence-electron chi connectivity index (χ0n) is 20.9. The third kappa shape index (κ3) is 3.21. The number of hydrogen-bond donors (Lipinski definition) is 0. The molecule has 2 amide bonds. The van der Waals surface area contributed by atoms with Crippen molar-refractivity contribution in [1.29, 1.82) is 0 Å². The van der Waals surface area contributed by atoms with Crippen LogP contribution >= 0.6 is 11.6 Å². The molecular weight excluding hydrogens is 530 g/mol. The molecule has 8 heteroatoms. The van der Waals surface area contributed by atoms with Crippen LogP contribution in [0.2, 0.25) is 5.02 Å². The summed E-state index contributed by atoms with van der Waals surface area (Å²) in [6.07, 6.45) is 1.97. The van der Waals surface area contributed by atoms with Crippen LogP contribution < -0.4 is 19.1 Å². The molecule has 196 valence electrons. The minimum Gasteiger partial charge on any atom is -0.454 e. The highest BCUT2D eigenvalue weighted by molar-refractivity contribution is 6.31. The van der Waals surface area contributed by atoms with Crippen molar-refractivity contribution in [3.05, 3.63) is 101 Å². The number of ether oxygens (including phenoxy) is 3. The Hall–Kier alpha value is -4.62. The molecule has 1 fully saturated rings. The van der Waals surface area contributed by atoms with Gasteiger partial charge in [-0.1, -0.05) is 60.1 Å². The van der Waals surface area contributed by atoms with Crippen LogP contribution in [0, 0.1) is 17.8 Å². The number of carbonyl (C=O) groups excluding carboxylic acids is 3. The fraction of sp³-hybridized carbons (Fsp3) is 0.156. The summed E-state index contributed by atoms with van der Waals surface area (Å²) in [7, 11) is 0. The predicted octanol–water partition coefficient (Wildman–Crippen LogP) is 5.74. The molecule has 0 radical (unpaired) electrons. The second kappa shape index (κ2) is 8.44. The average Bonchev–Trinajstić information content (AvgIpc) is 3.54. The maximum absolute atomic E-state index is 14.2. The molecule has 40 heavy (non-hydrogen) atoms. The first-order chi connectivity index (χ1) is 19.5. The third-order valence-electron chi connectivity index (χ3n) is 8.33. The summed E-state index contributed by atoms with van der Waals surface area (Å²) in [5, 5.41) is 2.29. The van der Waals surface area contributed by atoms with Gasteiger partial charge < -0.3 is 14.2 Å². The highest BCUT2D eigenvalue weighted by atomic mass is 35.5. The minimum atomic E-state index is -0.957. The van der Waals surface area contributed by atoms with Gasteiger partial charge in [0.15, 0.2) is 11.5 Å². The second-order valence-corrected chi connectivity index (χ2v) is 10.8. The van der Waals surface area contributed by atoms with Crippen LogP contribution in [0.5, 0.6) is 17.2 Å². The fourth-order valence-electron chi connectivity index (χ4n) is 6.65. The van der Waals surface area contributed by atoms with Crippen LogP contribution in [-0.4, -0.2) is 24.6 Å². The van der Waals surface area contributed by atoms with E-state index in [2.05, 4.69) is 0 Å². The summed E-state index contributed by atoms with van der Waals surface area (Å²) in [5.41, 5.74) is 2.63. The van der Waals surface area contributed by atoms with Crippen molar-refractivity contribution in [3.63, 3.8) is 0 Å². The van der Waals surface area contributed by atoms with Crippen LogP contribution in [0.3, 0.4) is 0 Å². The molecule has 4 aromatic carbocycles. The molecule has 7 nitrogen and oxygen atoms in total. The first kappa shape index (κ1) is 23.3. The number of carbonyl (C=O) groups is 3. The summed E-state index contributed by atoms with van der Waals surface area (Å²) in [5.74, 6) is -2.96. The van der Waals surface area contributed by atoms with Gasteiger partial charge in [-0.25, -0.2) is 4.90 Å². The molecule has 3 aliphatic heterocycles. The number of halogens is 1. The van der Waals surface area contributed by atoms with E-state index in [4.69, 9.17) is 25.8 Å². The van der Waals surface area contributed by atoms with Crippen LogP contribution in [0.1, 0.15) is 17.0 Å². The van der Waals surface area contributed by atoms with Crippen molar-refractivity contribution in [1.82, 2.24) is 0 Å². The number of rotatable bonds is 2. The summed E-state index contributed by atoms with van der Waals surface area (Å²) in [4.78, 5) is 43.1. The summed E-state index contributed by atoms with van der Waals surface area (Å²) in [6, 6.07) is 23.7. The monoisotopic (exact) mass is 549 g/mol. The number of amides is 2. The van der Waals surface area contributed by atoms with Gasteiger partial charge in [-0.2, -0.15) is 0 Å². The SMILES string of the molecule is O=C1Oc2ccc3ccccc3c2C2=C[C@H](c3ccc4c(c3)OCO4)[C@@H]3C(=O)N(c4cccc(Cl)c4)C(=O)[C@@H]3[C@H]12. The molecular formula is C32H20ClNO6. The van der Waals surface area contributed by atoms with E-state index in [0.717, 1.165) is 21.9 Å². The Morgan fingerprint density at radius 3 is 2.45 bits per heavy atom. The standard InChI is InChI=1S/C32H20ClNO6/c33-18-5-3-6-19(13-18)34-30(35)27-21(17-9-10-23-25(12-17)39-15-38-23)14-22-26-20-7-2-1-4-16(20)8-11-24(26)40-32(37)28(22)29(27)31(34)36/h1-14,21,27-29H,15H2/t21-,27+,28-,29+/m1/s1. The van der Waals surface area contributed by atoms with E-state index in [1.54, 1.807) is 30.3 Å². The largest absolute Gasteiger partial charge is 0.454 e. The number of anilines is 1. The summed E-state index contributed by atoms with van der Waals surface area (Å²) >= 11 is 6.24. The van der Waals surface area contributed by atoms with Gasteiger partial charge in [0, 0.05) is 16.5 Å². The Kier molecular flexibility index (Phi) is 4.91. The van der Waals surface area contributed by atoms with E-state index >= 15 is 0 Å². The summed E-state index contributed by atoms with van der Waals surface area (Å²) in [6.45, 7) is 0.115. The Bertz CT molecular complexity index is 1830. The molecule has 1 saturated heterocycles. The molecule has 0 saturated carbocycles. The van der Waals surface area contributed by atoms with Crippen molar-refractivity contribution in [3.8, 4) is 17.2 Å². The molecule has 8 rings (SSSR count). The molecule has 4 aromatic rings. The molecule has 0 unspecified atom stereocenters. The van der Waals surface area contributed by atoms with Crippen LogP contribution in [0.4, 0.5) is 5.69 Å². The van der Waals surface area contributed by atoms with Crippen LogP contribution in [0.15, 0.2) is 84.9 Å². The zero-order chi connectivity index (χ0) is 27.1. The van der Waals surface area contributed by atoms with E-state index in [9.17, 15) is 14.4 Å². The Morgan fingerprint density at radius 2 is 1.57 bits per heavy atom. The van der Waals surface area contributed by atoms with E-state index in [-0.39, 0.29) is 12.7 Å². The van der Waals surface area contributed by atoms with Gasteiger partial charge in [-0.05, 0) is 58.3 Å². The zero-order valence-corrected chi connectivity index (χ0v) is 21.6. The van der Waals surface area contributed by atoms with Crippen molar-refractivity contribution in [2.24, 2.45) is 17.8 Å². The van der Waals surface area contributed by atoms with E-state index < -0.39 is 35.5 Å². The molecule has 0 bridgehead atoms. The maximum atomic E-state index is 14.2. The van der Waals surface area contributed by atoms with E-state index in [1.165, 1.54) is 4.90 Å². The second-order valence-electron chi connectivity index (χ2n) is 10.4. The van der Waals surface area contributed by atoms with Gasteiger partial charge in [0.1, 0.15) is 5.75 Å². The molecule has 0 spiro atoms. The van der Waals surface area contributed by atoms with Crippen molar-refractivity contribution in [2.45, 2.75) is 5.92 Å². The van der Waals surface area contributed by atoms with Crippen LogP contribution in [-0.2, 0) is 14.4 Å². The average molecular weight is 550 g/mol. The van der Waals surface area contributed by atoms with Crippen molar-refractivity contribution >= 4 is 51.4 Å². The third-order valence-corrected chi connectivity index (χ3v) is 8.57. The number of allylic oxidation sites excluding steroid dienone is 1. The lowest BCUT2D eigenvalue weighted by Gasteiger charge is -2.38. The van der Waals surface area contributed by atoms with Gasteiger partial charge in [0.2, 0.25) is 18.6 Å². The molecule has 4 atom stereocenters. The van der Waals surface area contributed by atoms with Gasteiger partial charge in [0.05, 0.1) is 23.4 Å². The minimum absolute atomic E-state index is 0.115. The lowest BCUT2D eigenvalue weighted by atomic mass is 9.64. The normalized spacial score (nSPS) is 24.4. The van der Waals surface area contributed by atoms with Crippen LogP contribution in [0.25, 0.3) is 16.3 Å². The maximum Gasteiger partial charge on any atom is 0.319 e. The quantitative estimate of drug-likeness (QED) is 0.180. The van der Waals surface area contributed by atoms with Gasteiger partial charge in [-0.3, -0.25) is 14.4 Å². The number of fused-ring (bicyclic) bond motifs is 8. The molecule has 0 N–H and O–H groups in total. The number of esters is 1. The van der Waals surface area contributed by atoms with E-state index in [1.807, 2.05) is 54.6 Å². The molecule has 4 aliphatic rings. The lowest BCUT2D eigenvalue weighted by Crippen LogP contribution is -2.42. The van der Waals surface area contributed by atoms with Crippen molar-refractivity contribution in [2.75, 3.05) is 11.7 Å². The molecule has 1 aliphatic carbocycles. The predicted molar refractivity (Wildman–Crippen MR) is 147 cm³/mol. The fourth-order valence-corrected chi connectivity index (χ4v) is 6.83. The smallest absolute Gasteiger partial charge is 0.319 e. The van der Waals surface area contributed by atoms with Gasteiger partial charge in [0.25, 0.3) is 0 Å². The van der Waals surface area contributed by atoms with Gasteiger partial charge >= 0.3 is 5.97 Å². The Morgan fingerprint density at radius 1 is 0.775 bits per heavy atom. The topological polar surface area (TPSA) is 82.1 Å². The molecule has 3 heterocycles. The number of hydrogen-bond acceptors (Lipinski definition) is 6. The van der Waals surface area contributed by atoms with Gasteiger partial charge in [-0.15, -0.1) is 0 Å². The number of nitrogens with zero attached hydrogens (tertiary/aromatic N) is 1. The Labute approximate surface area is 233 Å². The molecule has 0 aromatic heterocycles.